The summed E-state index contributed by atoms with van der Waals surface area (Å²) < 4.78 is 137. The standard InChI is InChI=1S/C25H25N3O4S2.C24H23N3O5S2.C19H21N3O2S/c1-2-20-18-24-23(19-10-12-22(13-11-19)33(29,30)27-16-6-7-17-27)14-15-26-25(24)28(20)34(31,32)21-8-4-3-5-9-21;28-17-19-16-23-22(18-8-10-21(11-9-18)33(29,30)26-14-4-5-15-26)12-13-25-24(23)27(19)34(31,32)20-6-2-1-3-7-20;1-2-15-13-18-17(9-10-20-19(18)21-15)14-5-7-16(8-6-14)25(23,24)22-11-3-4-12-22/h3-5,8-15,18H,2,6-7,16-17H2,1H3;1-3,6-13,16,28H,4-5,14-15,17H2;5-10,13H,2-4,11-12H2,1H3,(H,20,21). The summed E-state index contributed by atoms with van der Waals surface area (Å²) in [7, 11) is -18.2. The number of aliphatic hydroxyl groups excluding tert-OH is 1. The summed E-state index contributed by atoms with van der Waals surface area (Å²) in [5.41, 5.74) is 8.42. The van der Waals surface area contributed by atoms with Gasteiger partial charge in [-0.3, -0.25) is 0 Å². The van der Waals surface area contributed by atoms with Crippen molar-refractivity contribution in [1.29, 1.82) is 0 Å². The molecule has 6 aromatic heterocycles. The van der Waals surface area contributed by atoms with Gasteiger partial charge in [-0.25, -0.2) is 65.0 Å². The van der Waals surface area contributed by atoms with Crippen molar-refractivity contribution in [3.63, 3.8) is 0 Å². The molecule has 0 spiro atoms. The number of benzene rings is 5. The van der Waals surface area contributed by atoms with Crippen LogP contribution < -0.4 is 0 Å². The molecular formula is C68H69N9O11S5. The first-order chi connectivity index (χ1) is 44.8. The molecule has 0 amide bonds. The van der Waals surface area contributed by atoms with Crippen molar-refractivity contribution >= 4 is 83.2 Å². The third kappa shape index (κ3) is 12.6. The maximum Gasteiger partial charge on any atom is 0.269 e. The number of rotatable bonds is 16. The van der Waals surface area contributed by atoms with Crippen LogP contribution in [0.3, 0.4) is 0 Å². The lowest BCUT2D eigenvalue weighted by molar-refractivity contribution is 0.276. The highest BCUT2D eigenvalue weighted by Crippen LogP contribution is 2.37. The number of sulfonamides is 3. The van der Waals surface area contributed by atoms with Crippen molar-refractivity contribution in [3.8, 4) is 33.4 Å². The number of fused-ring (bicyclic) bond motifs is 3. The molecule has 25 heteroatoms. The lowest BCUT2D eigenvalue weighted by atomic mass is 10.0. The van der Waals surface area contributed by atoms with Crippen molar-refractivity contribution in [1.82, 2.24) is 40.8 Å². The molecule has 3 aliphatic heterocycles. The van der Waals surface area contributed by atoms with Gasteiger partial charge in [-0.2, -0.15) is 12.9 Å². The van der Waals surface area contributed by atoms with Crippen molar-refractivity contribution in [2.75, 3.05) is 39.3 Å². The summed E-state index contributed by atoms with van der Waals surface area (Å²) in [6.07, 6.45) is 11.7. The second-order valence-electron chi connectivity index (χ2n) is 22.8. The smallest absolute Gasteiger partial charge is 0.269 e. The molecule has 0 radical (unpaired) electrons. The van der Waals surface area contributed by atoms with Gasteiger partial charge in [-0.05, 0) is 182 Å². The third-order valence-corrected chi connectivity index (χ3v) is 26.4. The van der Waals surface area contributed by atoms with Gasteiger partial charge in [0.2, 0.25) is 30.1 Å². The third-order valence-electron chi connectivity index (χ3n) is 17.1. The number of H-pyrrole nitrogens is 1. The van der Waals surface area contributed by atoms with Crippen molar-refractivity contribution in [2.24, 2.45) is 0 Å². The number of aromatic nitrogens is 6. The van der Waals surface area contributed by atoms with Crippen LogP contribution in [0.5, 0.6) is 0 Å². The Kier molecular flexibility index (Phi) is 18.6. The van der Waals surface area contributed by atoms with E-state index in [4.69, 9.17) is 0 Å². The Morgan fingerprint density at radius 3 is 1.06 bits per heavy atom. The number of aromatic amines is 1. The highest BCUT2D eigenvalue weighted by atomic mass is 32.2. The van der Waals surface area contributed by atoms with Crippen LogP contribution in [0, 0.1) is 0 Å². The molecule has 14 rings (SSSR count). The first-order valence-electron chi connectivity index (χ1n) is 30.8. The zero-order valence-corrected chi connectivity index (χ0v) is 55.2. The van der Waals surface area contributed by atoms with E-state index in [0.29, 0.717) is 83.8 Å². The van der Waals surface area contributed by atoms with Gasteiger partial charge in [0.15, 0.2) is 11.3 Å². The molecule has 3 fully saturated rings. The Labute approximate surface area is 542 Å². The highest BCUT2D eigenvalue weighted by molar-refractivity contribution is 7.91. The number of aliphatic hydroxyl groups is 1. The van der Waals surface area contributed by atoms with Gasteiger partial charge < -0.3 is 10.1 Å². The molecule has 93 heavy (non-hydrogen) atoms. The van der Waals surface area contributed by atoms with E-state index in [1.54, 1.807) is 138 Å². The van der Waals surface area contributed by atoms with Crippen LogP contribution in [-0.2, 0) is 69.6 Å². The Morgan fingerprint density at radius 2 is 0.710 bits per heavy atom. The molecule has 0 atom stereocenters. The largest absolute Gasteiger partial charge is 0.390 e. The van der Waals surface area contributed by atoms with Gasteiger partial charge in [0, 0.05) is 85.4 Å². The first kappa shape index (κ1) is 64.8. The van der Waals surface area contributed by atoms with Gasteiger partial charge in [0.05, 0.1) is 36.8 Å². The fourth-order valence-corrected chi connectivity index (χ4v) is 19.9. The molecule has 482 valence electrons. The quantitative estimate of drug-likeness (QED) is 0.0911. The molecule has 2 N–H and O–H groups in total. The summed E-state index contributed by atoms with van der Waals surface area (Å²) in [4.78, 5) is 17.6. The van der Waals surface area contributed by atoms with Crippen LogP contribution in [0.25, 0.3) is 66.5 Å². The number of nitrogens with zero attached hydrogens (tertiary/aromatic N) is 8. The van der Waals surface area contributed by atoms with Crippen LogP contribution >= 0.6 is 0 Å². The van der Waals surface area contributed by atoms with Crippen molar-refractivity contribution in [3.05, 3.63) is 206 Å². The summed E-state index contributed by atoms with van der Waals surface area (Å²) in [6.45, 7) is 6.93. The van der Waals surface area contributed by atoms with Gasteiger partial charge in [-0.15, -0.1) is 0 Å². The monoisotopic (exact) mass is 1350 g/mol. The van der Waals surface area contributed by atoms with Crippen LogP contribution in [0.2, 0.25) is 0 Å². The topological polar surface area (TPSA) is 265 Å². The zero-order valence-electron chi connectivity index (χ0n) is 51.2. The Hall–Kier alpha value is -8.24. The predicted molar refractivity (Wildman–Crippen MR) is 359 cm³/mol. The van der Waals surface area contributed by atoms with Crippen LogP contribution in [0.4, 0.5) is 0 Å². The van der Waals surface area contributed by atoms with E-state index in [-0.39, 0.29) is 30.9 Å². The number of hydrogen-bond acceptors (Lipinski definition) is 14. The van der Waals surface area contributed by atoms with E-state index in [1.807, 2.05) is 37.3 Å². The number of aryl methyl sites for hydroxylation is 2. The van der Waals surface area contributed by atoms with Crippen LogP contribution in [-0.4, -0.2) is 127 Å². The first-order valence-corrected chi connectivity index (χ1v) is 38.0. The summed E-state index contributed by atoms with van der Waals surface area (Å²) in [5, 5.41) is 12.2. The second kappa shape index (κ2) is 26.6. The molecule has 3 aliphatic rings. The Balaban J connectivity index is 0.000000136. The highest BCUT2D eigenvalue weighted by Gasteiger charge is 2.32. The lowest BCUT2D eigenvalue weighted by Crippen LogP contribution is -2.27. The van der Waals surface area contributed by atoms with Gasteiger partial charge >= 0.3 is 0 Å². The minimum atomic E-state index is -3.99. The predicted octanol–water partition coefficient (Wildman–Crippen LogP) is 11.1. The molecule has 0 aliphatic carbocycles. The zero-order chi connectivity index (χ0) is 65.3. The normalized spacial score (nSPS) is 15.4. The van der Waals surface area contributed by atoms with E-state index in [0.717, 1.165) is 87.9 Å². The lowest BCUT2D eigenvalue weighted by Gasteiger charge is -2.15. The number of pyridine rings is 3. The average molecular weight is 1350 g/mol. The summed E-state index contributed by atoms with van der Waals surface area (Å²) in [6, 6.07) is 47.9. The summed E-state index contributed by atoms with van der Waals surface area (Å²) >= 11 is 0. The van der Waals surface area contributed by atoms with E-state index >= 15 is 0 Å². The maximum atomic E-state index is 13.5. The van der Waals surface area contributed by atoms with Gasteiger partial charge in [0.1, 0.15) is 5.65 Å². The fraction of sp³-hybridized carbons (Fsp3) is 0.250. The molecule has 0 saturated carbocycles. The van der Waals surface area contributed by atoms with Crippen molar-refractivity contribution in [2.45, 2.75) is 96.3 Å². The van der Waals surface area contributed by atoms with Gasteiger partial charge in [0.25, 0.3) is 20.0 Å². The minimum Gasteiger partial charge on any atom is -0.390 e. The van der Waals surface area contributed by atoms with E-state index in [2.05, 4.69) is 32.9 Å². The molecule has 0 bridgehead atoms. The molecule has 5 aromatic carbocycles. The van der Waals surface area contributed by atoms with Gasteiger partial charge in [-0.1, -0.05) is 86.6 Å². The maximum absolute atomic E-state index is 13.5. The van der Waals surface area contributed by atoms with Crippen molar-refractivity contribution < 1.29 is 47.2 Å². The van der Waals surface area contributed by atoms with E-state index in [1.165, 1.54) is 30.9 Å². The molecule has 3 saturated heterocycles. The van der Waals surface area contributed by atoms with E-state index in [9.17, 15) is 47.2 Å². The summed E-state index contributed by atoms with van der Waals surface area (Å²) in [5.74, 6) is 0. The minimum absolute atomic E-state index is 0.0888. The SMILES string of the molecule is CCc1cc2c(-c3ccc(S(=O)(=O)N4CCCC4)cc3)ccnc2[nH]1.CCc1cc2c(-c3ccc(S(=O)(=O)N4CCCC4)cc3)ccnc2n1S(=O)(=O)c1ccccc1.O=S(=O)(c1ccc(-c2ccnc3c2cc(CO)n3S(=O)(=O)c2ccccc2)cc1)N1CCCC1. The number of nitrogens with one attached hydrogen (secondary N) is 1. The molecule has 0 unspecified atom stereocenters. The molecular weight excluding hydrogens is 1280 g/mol. The number of hydrogen-bond donors (Lipinski definition) is 2. The fourth-order valence-electron chi connectivity index (χ4n) is 12.2. The van der Waals surface area contributed by atoms with Crippen LogP contribution in [0.15, 0.2) is 213 Å². The van der Waals surface area contributed by atoms with Crippen LogP contribution in [0.1, 0.15) is 69.5 Å². The second-order valence-corrected chi connectivity index (χ2v) is 32.2. The molecule has 11 aromatic rings. The average Bonchev–Trinajstić information content (AvgIpc) is 1.65. The van der Waals surface area contributed by atoms with E-state index < -0.39 is 56.7 Å². The Morgan fingerprint density at radius 1 is 0.376 bits per heavy atom. The molecule has 20 nitrogen and oxygen atoms in total. The Bertz CT molecular complexity index is 4890. The molecule has 9 heterocycles.